The number of nitrogen functional groups attached to an aromatic ring is 1. The van der Waals surface area contributed by atoms with Gasteiger partial charge in [-0.05, 0) is 50.1 Å². The zero-order valence-corrected chi connectivity index (χ0v) is 13.4. The van der Waals surface area contributed by atoms with Crippen molar-refractivity contribution in [1.29, 1.82) is 0 Å². The summed E-state index contributed by atoms with van der Waals surface area (Å²) in [5, 5.41) is 0. The third-order valence-corrected chi connectivity index (χ3v) is 4.00. The lowest BCUT2D eigenvalue weighted by Gasteiger charge is -2.07. The van der Waals surface area contributed by atoms with Gasteiger partial charge < -0.3 is 10.5 Å². The fourth-order valence-corrected chi connectivity index (χ4v) is 3.37. The summed E-state index contributed by atoms with van der Waals surface area (Å²) in [5.74, 6) is -0.0550. The number of aromatic nitrogens is 3. The molecule has 0 aliphatic rings. The van der Waals surface area contributed by atoms with E-state index < -0.39 is 5.97 Å². The molecule has 2 N–H and O–H groups in total. The summed E-state index contributed by atoms with van der Waals surface area (Å²) in [6, 6.07) is 5.06. The van der Waals surface area contributed by atoms with E-state index in [4.69, 9.17) is 10.5 Å². The van der Waals surface area contributed by atoms with Crippen molar-refractivity contribution in [2.75, 3.05) is 12.8 Å². The maximum Gasteiger partial charge on any atom is 0.337 e. The van der Waals surface area contributed by atoms with Crippen LogP contribution in [0.15, 0.2) is 27.5 Å². The van der Waals surface area contributed by atoms with Crippen molar-refractivity contribution in [3.63, 3.8) is 0 Å². The SMILES string of the molecule is COC(=O)c1ccc2nc(N)c3c(Br)nc(Br)n3c2c1. The molecule has 0 saturated heterocycles. The number of methoxy groups -OCH3 is 1. The minimum atomic E-state index is -0.410. The first-order valence-corrected chi connectivity index (χ1v) is 7.12. The van der Waals surface area contributed by atoms with E-state index in [1.165, 1.54) is 7.11 Å². The molecule has 0 fully saturated rings. The normalized spacial score (nSPS) is 11.2. The second-order valence-electron chi connectivity index (χ2n) is 4.05. The van der Waals surface area contributed by atoms with Crippen LogP contribution in [-0.2, 0) is 4.74 Å². The molecule has 1 aromatic carbocycles. The van der Waals surface area contributed by atoms with Crippen LogP contribution in [0, 0.1) is 0 Å². The molecule has 0 aliphatic heterocycles. The van der Waals surface area contributed by atoms with Gasteiger partial charge in [0.1, 0.15) is 10.1 Å². The van der Waals surface area contributed by atoms with Gasteiger partial charge in [-0.15, -0.1) is 0 Å². The minimum absolute atomic E-state index is 0.355. The fraction of sp³-hybridized carbons (Fsp3) is 0.0833. The van der Waals surface area contributed by atoms with E-state index >= 15 is 0 Å². The van der Waals surface area contributed by atoms with Crippen LogP contribution in [0.4, 0.5) is 5.82 Å². The zero-order chi connectivity index (χ0) is 14.4. The van der Waals surface area contributed by atoms with E-state index in [0.29, 0.717) is 37.3 Å². The maximum absolute atomic E-state index is 11.6. The molecular weight excluding hydrogens is 392 g/mol. The molecule has 3 aromatic rings. The van der Waals surface area contributed by atoms with Crippen LogP contribution < -0.4 is 5.73 Å². The lowest BCUT2D eigenvalue weighted by molar-refractivity contribution is 0.0601. The molecule has 20 heavy (non-hydrogen) atoms. The van der Waals surface area contributed by atoms with Gasteiger partial charge in [0.15, 0.2) is 10.6 Å². The smallest absolute Gasteiger partial charge is 0.337 e. The first-order valence-electron chi connectivity index (χ1n) is 5.54. The Labute approximate surface area is 130 Å². The number of fused-ring (bicyclic) bond motifs is 3. The molecule has 0 saturated carbocycles. The molecule has 0 spiro atoms. The summed E-state index contributed by atoms with van der Waals surface area (Å²) < 4.78 is 7.67. The van der Waals surface area contributed by atoms with Crippen LogP contribution in [0.2, 0.25) is 0 Å². The molecule has 0 amide bonds. The number of carbonyl (C=O) groups is 1. The highest BCUT2D eigenvalue weighted by Crippen LogP contribution is 2.30. The van der Waals surface area contributed by atoms with E-state index in [0.717, 1.165) is 0 Å². The Kier molecular flexibility index (Phi) is 3.14. The first kappa shape index (κ1) is 13.3. The van der Waals surface area contributed by atoms with E-state index in [2.05, 4.69) is 41.8 Å². The highest BCUT2D eigenvalue weighted by molar-refractivity contribution is 9.11. The number of nitrogens with zero attached hydrogens (tertiary/aromatic N) is 3. The predicted octanol–water partition coefficient (Wildman–Crippen LogP) is 2.78. The molecule has 6 nitrogen and oxygen atoms in total. The second kappa shape index (κ2) is 4.71. The topological polar surface area (TPSA) is 82.5 Å². The van der Waals surface area contributed by atoms with Crippen LogP contribution in [0.1, 0.15) is 10.4 Å². The third kappa shape index (κ3) is 1.87. The van der Waals surface area contributed by atoms with Crippen molar-refractivity contribution in [3.8, 4) is 0 Å². The van der Waals surface area contributed by atoms with Gasteiger partial charge >= 0.3 is 5.97 Å². The average molecular weight is 400 g/mol. The first-order chi connectivity index (χ1) is 9.52. The van der Waals surface area contributed by atoms with Gasteiger partial charge in [0.05, 0.1) is 23.7 Å². The van der Waals surface area contributed by atoms with Crippen LogP contribution in [0.5, 0.6) is 0 Å². The average Bonchev–Trinajstić information content (AvgIpc) is 2.74. The van der Waals surface area contributed by atoms with Crippen molar-refractivity contribution in [2.24, 2.45) is 0 Å². The Balaban J connectivity index is 2.47. The van der Waals surface area contributed by atoms with Gasteiger partial charge in [-0.3, -0.25) is 4.40 Å². The van der Waals surface area contributed by atoms with E-state index in [1.54, 1.807) is 22.6 Å². The largest absolute Gasteiger partial charge is 0.465 e. The van der Waals surface area contributed by atoms with Crippen molar-refractivity contribution in [3.05, 3.63) is 33.1 Å². The molecule has 0 radical (unpaired) electrons. The predicted molar refractivity (Wildman–Crippen MR) is 81.6 cm³/mol. The molecule has 2 heterocycles. The van der Waals surface area contributed by atoms with Gasteiger partial charge in [-0.1, -0.05) is 0 Å². The monoisotopic (exact) mass is 398 g/mol. The Hall–Kier alpha value is -1.67. The number of rotatable bonds is 1. The van der Waals surface area contributed by atoms with Gasteiger partial charge in [0, 0.05) is 0 Å². The van der Waals surface area contributed by atoms with Crippen LogP contribution in [0.3, 0.4) is 0 Å². The number of nitrogens with two attached hydrogens (primary N) is 1. The highest BCUT2D eigenvalue weighted by atomic mass is 79.9. The quantitative estimate of drug-likeness (QED) is 0.636. The van der Waals surface area contributed by atoms with E-state index in [1.807, 2.05) is 0 Å². The van der Waals surface area contributed by atoms with Crippen LogP contribution >= 0.6 is 31.9 Å². The van der Waals surface area contributed by atoms with Crippen molar-refractivity contribution >= 4 is 60.2 Å². The standard InChI is InChI=1S/C12H8Br2N4O2/c1-20-11(19)5-2-3-6-7(4-5)18-8(10(15)16-6)9(13)17-12(18)14/h2-4H,1H3,(H2,15,16). The summed E-state index contributed by atoms with van der Waals surface area (Å²) in [6.45, 7) is 0. The van der Waals surface area contributed by atoms with Gasteiger partial charge in [-0.25, -0.2) is 14.8 Å². The second-order valence-corrected chi connectivity index (χ2v) is 5.51. The molecule has 102 valence electrons. The van der Waals surface area contributed by atoms with Crippen molar-refractivity contribution in [1.82, 2.24) is 14.4 Å². The Morgan fingerprint density at radius 3 is 2.80 bits per heavy atom. The Bertz CT molecular complexity index is 860. The van der Waals surface area contributed by atoms with Crippen LogP contribution in [-0.4, -0.2) is 27.4 Å². The number of carbonyl (C=O) groups excluding carboxylic acids is 1. The number of anilines is 1. The molecule has 2 aromatic heterocycles. The number of esters is 1. The third-order valence-electron chi connectivity index (χ3n) is 2.91. The van der Waals surface area contributed by atoms with E-state index in [-0.39, 0.29) is 0 Å². The van der Waals surface area contributed by atoms with Gasteiger partial charge in [0.25, 0.3) is 0 Å². The summed E-state index contributed by atoms with van der Waals surface area (Å²) in [5.41, 5.74) is 8.40. The molecular formula is C12H8Br2N4O2. The number of benzene rings is 1. The van der Waals surface area contributed by atoms with Crippen molar-refractivity contribution in [2.45, 2.75) is 0 Å². The highest BCUT2D eigenvalue weighted by Gasteiger charge is 2.16. The summed E-state index contributed by atoms with van der Waals surface area (Å²) in [6.07, 6.45) is 0. The number of hydrogen-bond acceptors (Lipinski definition) is 5. The minimum Gasteiger partial charge on any atom is -0.465 e. The zero-order valence-electron chi connectivity index (χ0n) is 10.2. The number of hydrogen-bond donors (Lipinski definition) is 1. The van der Waals surface area contributed by atoms with Crippen LogP contribution in [0.25, 0.3) is 16.6 Å². The summed E-state index contributed by atoms with van der Waals surface area (Å²) >= 11 is 6.72. The van der Waals surface area contributed by atoms with E-state index in [9.17, 15) is 4.79 Å². The molecule has 8 heteroatoms. The molecule has 0 aliphatic carbocycles. The Morgan fingerprint density at radius 2 is 2.10 bits per heavy atom. The van der Waals surface area contributed by atoms with Crippen molar-refractivity contribution < 1.29 is 9.53 Å². The summed E-state index contributed by atoms with van der Waals surface area (Å²) in [7, 11) is 1.34. The molecule has 0 bridgehead atoms. The molecule has 3 rings (SSSR count). The number of imidazole rings is 1. The number of halogens is 2. The summed E-state index contributed by atoms with van der Waals surface area (Å²) in [4.78, 5) is 20.2. The van der Waals surface area contributed by atoms with Gasteiger partial charge in [-0.2, -0.15) is 0 Å². The lowest BCUT2D eigenvalue weighted by Crippen LogP contribution is -2.03. The molecule has 0 atom stereocenters. The molecule has 0 unspecified atom stereocenters. The number of ether oxygens (including phenoxy) is 1. The maximum atomic E-state index is 11.6. The Morgan fingerprint density at radius 1 is 1.35 bits per heavy atom. The fourth-order valence-electron chi connectivity index (χ4n) is 2.03. The lowest BCUT2D eigenvalue weighted by atomic mass is 10.2. The van der Waals surface area contributed by atoms with Gasteiger partial charge in [0.2, 0.25) is 0 Å².